The summed E-state index contributed by atoms with van der Waals surface area (Å²) in [7, 11) is 0. The monoisotopic (exact) mass is 177 g/mol. The topological polar surface area (TPSA) is 0 Å². The predicted octanol–water partition coefficient (Wildman–Crippen LogP) is 3.49. The molecule has 0 N–H and O–H groups in total. The minimum atomic E-state index is -0.206. The van der Waals surface area contributed by atoms with Crippen LogP contribution in [0.15, 0.2) is 30.9 Å². The van der Waals surface area contributed by atoms with E-state index in [1.807, 2.05) is 13.0 Å². The third-order valence-electron chi connectivity index (χ3n) is 2.17. The van der Waals surface area contributed by atoms with E-state index in [2.05, 4.69) is 13.5 Å². The van der Waals surface area contributed by atoms with E-state index in [-0.39, 0.29) is 11.7 Å². The van der Waals surface area contributed by atoms with Crippen LogP contribution < -0.4 is 0 Å². The summed E-state index contributed by atoms with van der Waals surface area (Å²) in [6.07, 6.45) is 2.63. The minimum Gasteiger partial charge on any atom is -0.207 e. The Morgan fingerprint density at radius 1 is 1.54 bits per heavy atom. The zero-order valence-electron chi connectivity index (χ0n) is 7.89. The first kappa shape index (κ1) is 9.97. The number of allylic oxidation sites excluding steroid dienone is 1. The molecule has 0 heterocycles. The van der Waals surface area contributed by atoms with Gasteiger partial charge in [-0.15, -0.1) is 6.58 Å². The van der Waals surface area contributed by atoms with Crippen molar-refractivity contribution in [1.82, 2.24) is 0 Å². The summed E-state index contributed by atoms with van der Waals surface area (Å²) in [5.74, 6) is -0.228. The van der Waals surface area contributed by atoms with Crippen molar-refractivity contribution < 1.29 is 4.39 Å². The highest BCUT2D eigenvalue weighted by Crippen LogP contribution is 2.21. The van der Waals surface area contributed by atoms with E-state index < -0.39 is 0 Å². The molecule has 0 aliphatic heterocycles. The highest BCUT2D eigenvalue weighted by Gasteiger charge is 2.07. The molecular weight excluding hydrogens is 163 g/mol. The van der Waals surface area contributed by atoms with Gasteiger partial charge in [-0.25, -0.2) is 4.39 Å². The van der Waals surface area contributed by atoms with Crippen molar-refractivity contribution in [3.8, 4) is 0 Å². The molecule has 1 unspecified atom stereocenters. The minimum absolute atomic E-state index is 0.0225. The smallest absolute Gasteiger partial charge is 0.123 e. The van der Waals surface area contributed by atoms with Crippen LogP contribution in [0, 0.1) is 12.7 Å². The van der Waals surface area contributed by atoms with Crippen LogP contribution in [0.5, 0.6) is 0 Å². The Morgan fingerprint density at radius 2 is 2.23 bits per heavy atom. The van der Waals surface area contributed by atoms with Gasteiger partial charge in [0.1, 0.15) is 5.82 Å². The van der Waals surface area contributed by atoms with Gasteiger partial charge in [-0.3, -0.25) is 0 Å². The summed E-state index contributed by atoms with van der Waals surface area (Å²) in [6, 6.07) is 4.84. The molecule has 0 aliphatic rings. The lowest BCUT2D eigenvalue weighted by molar-refractivity contribution is 0.624. The molecule has 1 rings (SSSR count). The molecule has 0 amide bonds. The summed E-state index contributed by atoms with van der Waals surface area (Å²) in [6.45, 7) is 9.60. The summed E-state index contributed by atoms with van der Waals surface area (Å²) in [5.41, 5.74) is 2.08. The maximum absolute atomic E-state index is 12.9. The maximum atomic E-state index is 12.9. The molecule has 1 aromatic carbocycles. The number of hydrogen-bond donors (Lipinski definition) is 0. The summed E-state index contributed by atoms with van der Waals surface area (Å²) in [5, 5.41) is 0. The average molecular weight is 177 g/mol. The van der Waals surface area contributed by atoms with Crippen molar-refractivity contribution in [2.45, 2.75) is 19.3 Å². The second-order valence-electron chi connectivity index (χ2n) is 3.04. The summed E-state index contributed by atoms with van der Waals surface area (Å²) >= 11 is 0. The number of benzene rings is 1. The molecule has 1 atom stereocenters. The molecule has 0 nitrogen and oxygen atoms in total. The molecule has 0 aliphatic carbocycles. The quantitative estimate of drug-likeness (QED) is 0.620. The van der Waals surface area contributed by atoms with Crippen molar-refractivity contribution in [1.29, 1.82) is 0 Å². The highest BCUT2D eigenvalue weighted by atomic mass is 19.1. The van der Waals surface area contributed by atoms with E-state index >= 15 is 0 Å². The Kier molecular flexibility index (Phi) is 3.24. The van der Waals surface area contributed by atoms with Gasteiger partial charge in [0.2, 0.25) is 0 Å². The molecule has 0 fully saturated rings. The number of hydrogen-bond acceptors (Lipinski definition) is 0. The normalized spacial score (nSPS) is 12.5. The van der Waals surface area contributed by atoms with Crippen molar-refractivity contribution in [3.63, 3.8) is 0 Å². The van der Waals surface area contributed by atoms with E-state index in [9.17, 15) is 4.39 Å². The zero-order chi connectivity index (χ0) is 9.84. The van der Waals surface area contributed by atoms with Crippen molar-refractivity contribution >= 4 is 0 Å². The van der Waals surface area contributed by atoms with Gasteiger partial charge in [0.25, 0.3) is 0 Å². The fourth-order valence-electron chi connectivity index (χ4n) is 1.36. The molecule has 0 saturated carbocycles. The van der Waals surface area contributed by atoms with Crippen molar-refractivity contribution in [2.24, 2.45) is 0 Å². The summed E-state index contributed by atoms with van der Waals surface area (Å²) in [4.78, 5) is 0. The molecule has 0 spiro atoms. The van der Waals surface area contributed by atoms with Crippen LogP contribution in [0.4, 0.5) is 4.39 Å². The van der Waals surface area contributed by atoms with Gasteiger partial charge in [-0.2, -0.15) is 0 Å². The SMILES string of the molecule is [CH2]C(C=C)c1cc(F)ccc1CC. The first-order valence-corrected chi connectivity index (χ1v) is 4.43. The van der Waals surface area contributed by atoms with Gasteiger partial charge in [0, 0.05) is 5.92 Å². The van der Waals surface area contributed by atoms with E-state index in [0.717, 1.165) is 17.5 Å². The van der Waals surface area contributed by atoms with Crippen LogP contribution in [-0.4, -0.2) is 0 Å². The van der Waals surface area contributed by atoms with Crippen LogP contribution in [0.3, 0.4) is 0 Å². The Labute approximate surface area is 79.1 Å². The second-order valence-corrected chi connectivity index (χ2v) is 3.04. The fourth-order valence-corrected chi connectivity index (χ4v) is 1.36. The number of aryl methyl sites for hydroxylation is 1. The van der Waals surface area contributed by atoms with Crippen LogP contribution in [-0.2, 0) is 6.42 Å². The van der Waals surface area contributed by atoms with E-state index in [1.165, 1.54) is 12.1 Å². The summed E-state index contributed by atoms with van der Waals surface area (Å²) < 4.78 is 12.9. The largest absolute Gasteiger partial charge is 0.207 e. The predicted molar refractivity (Wildman–Crippen MR) is 54.1 cm³/mol. The van der Waals surface area contributed by atoms with E-state index in [0.29, 0.717) is 0 Å². The molecule has 0 bridgehead atoms. The van der Waals surface area contributed by atoms with E-state index in [1.54, 1.807) is 6.08 Å². The molecule has 1 aromatic rings. The molecule has 13 heavy (non-hydrogen) atoms. The Bertz CT molecular complexity index is 302. The zero-order valence-corrected chi connectivity index (χ0v) is 7.89. The molecule has 1 radical (unpaired) electrons. The third kappa shape index (κ3) is 2.18. The number of rotatable bonds is 3. The molecule has 69 valence electrons. The fraction of sp³-hybridized carbons (Fsp3) is 0.250. The Balaban J connectivity index is 3.14. The lowest BCUT2D eigenvalue weighted by atomic mass is 9.94. The lowest BCUT2D eigenvalue weighted by Crippen LogP contribution is -1.97. The molecule has 0 aromatic heterocycles. The van der Waals surface area contributed by atoms with Gasteiger partial charge in [0.05, 0.1) is 0 Å². The van der Waals surface area contributed by atoms with Gasteiger partial charge in [0.15, 0.2) is 0 Å². The molecule has 1 heteroatoms. The van der Waals surface area contributed by atoms with Crippen LogP contribution in [0.25, 0.3) is 0 Å². The first-order valence-electron chi connectivity index (χ1n) is 4.43. The maximum Gasteiger partial charge on any atom is 0.123 e. The van der Waals surface area contributed by atoms with Gasteiger partial charge < -0.3 is 0 Å². The van der Waals surface area contributed by atoms with Gasteiger partial charge in [-0.1, -0.05) is 19.1 Å². The van der Waals surface area contributed by atoms with Gasteiger partial charge >= 0.3 is 0 Å². The van der Waals surface area contributed by atoms with Gasteiger partial charge in [-0.05, 0) is 36.6 Å². The van der Waals surface area contributed by atoms with E-state index in [4.69, 9.17) is 0 Å². The number of halogens is 1. The first-order chi connectivity index (χ1) is 6.19. The van der Waals surface area contributed by atoms with Crippen molar-refractivity contribution in [2.75, 3.05) is 0 Å². The standard InChI is InChI=1S/C12H14F/c1-4-9(3)12-8-11(13)7-6-10(12)5-2/h4,6-9H,1,3,5H2,2H3. The van der Waals surface area contributed by atoms with Crippen molar-refractivity contribution in [3.05, 3.63) is 54.7 Å². The van der Waals surface area contributed by atoms with Crippen LogP contribution in [0.2, 0.25) is 0 Å². The third-order valence-corrected chi connectivity index (χ3v) is 2.17. The van der Waals surface area contributed by atoms with Crippen LogP contribution >= 0.6 is 0 Å². The second kappa shape index (κ2) is 4.22. The average Bonchev–Trinajstić information content (AvgIpc) is 2.16. The Hall–Kier alpha value is -1.11. The molecular formula is C12H14F. The lowest BCUT2D eigenvalue weighted by Gasteiger charge is -2.11. The molecule has 0 saturated heterocycles. The highest BCUT2D eigenvalue weighted by molar-refractivity contribution is 5.34. The Morgan fingerprint density at radius 3 is 2.77 bits per heavy atom. The van der Waals surface area contributed by atoms with Crippen LogP contribution in [0.1, 0.15) is 24.0 Å².